The van der Waals surface area contributed by atoms with Gasteiger partial charge in [0, 0.05) is 24.6 Å². The van der Waals surface area contributed by atoms with Crippen LogP contribution in [0.3, 0.4) is 0 Å². The number of carbonyl (C=O) groups is 1. The van der Waals surface area contributed by atoms with Crippen molar-refractivity contribution < 1.29 is 9.90 Å². The molecule has 0 bridgehead atoms. The Balaban J connectivity index is 0.00000200. The number of β-amino-alcohol motifs (C(OH)–C–C–N with tert-alkyl or cyclic N) is 1. The first-order valence-corrected chi connectivity index (χ1v) is 7.26. The third-order valence-electron chi connectivity index (χ3n) is 3.43. The van der Waals surface area contributed by atoms with E-state index in [0.717, 1.165) is 10.9 Å². The average Bonchev–Trinajstić information content (AvgIpc) is 2.83. The van der Waals surface area contributed by atoms with Crippen molar-refractivity contribution in [2.24, 2.45) is 0 Å². The summed E-state index contributed by atoms with van der Waals surface area (Å²) >= 11 is 3.40. The molecule has 0 saturated carbocycles. The van der Waals surface area contributed by atoms with Crippen LogP contribution in [0.25, 0.3) is 0 Å². The van der Waals surface area contributed by atoms with Gasteiger partial charge in [0.25, 0.3) is 0 Å². The molecular weight excluding hydrogens is 344 g/mol. The molecule has 1 saturated heterocycles. The first kappa shape index (κ1) is 17.4. The van der Waals surface area contributed by atoms with E-state index in [1.807, 2.05) is 19.2 Å². The number of hydrogen-bond donors (Lipinski definition) is 2. The Hall–Kier alpha value is -0.620. The van der Waals surface area contributed by atoms with E-state index in [2.05, 4.69) is 33.4 Å². The van der Waals surface area contributed by atoms with Gasteiger partial charge in [0.2, 0.25) is 5.91 Å². The van der Waals surface area contributed by atoms with Crippen LogP contribution in [0.2, 0.25) is 0 Å². The summed E-state index contributed by atoms with van der Waals surface area (Å²) in [6.07, 6.45) is 0.959. The SMILES string of the molecule is CN(CCc1ccc(Br)cc1)C(=O)C1CC(O)CN1.Cl. The lowest BCUT2D eigenvalue weighted by Gasteiger charge is -2.21. The second-order valence-electron chi connectivity index (χ2n) is 4.99. The third kappa shape index (κ3) is 4.74. The van der Waals surface area contributed by atoms with Crippen LogP contribution in [-0.2, 0) is 11.2 Å². The van der Waals surface area contributed by atoms with Gasteiger partial charge in [-0.2, -0.15) is 0 Å². The number of nitrogens with zero attached hydrogens (tertiary/aromatic N) is 1. The first-order chi connectivity index (χ1) is 9.06. The largest absolute Gasteiger partial charge is 0.392 e. The van der Waals surface area contributed by atoms with Crippen LogP contribution in [0.4, 0.5) is 0 Å². The quantitative estimate of drug-likeness (QED) is 0.854. The van der Waals surface area contributed by atoms with Crippen LogP contribution in [0.5, 0.6) is 0 Å². The topological polar surface area (TPSA) is 52.6 Å². The molecule has 2 rings (SSSR count). The molecule has 112 valence electrons. The maximum absolute atomic E-state index is 12.1. The van der Waals surface area contributed by atoms with E-state index in [1.165, 1.54) is 5.56 Å². The molecule has 0 spiro atoms. The molecule has 1 heterocycles. The van der Waals surface area contributed by atoms with Crippen LogP contribution in [-0.4, -0.2) is 48.2 Å². The van der Waals surface area contributed by atoms with Crippen LogP contribution in [0.15, 0.2) is 28.7 Å². The molecule has 20 heavy (non-hydrogen) atoms. The summed E-state index contributed by atoms with van der Waals surface area (Å²) in [4.78, 5) is 13.8. The summed E-state index contributed by atoms with van der Waals surface area (Å²) in [6.45, 7) is 1.20. The highest BCUT2D eigenvalue weighted by Gasteiger charge is 2.29. The fourth-order valence-electron chi connectivity index (χ4n) is 2.23. The molecule has 6 heteroatoms. The maximum atomic E-state index is 12.1. The Kier molecular flexibility index (Phi) is 6.95. The van der Waals surface area contributed by atoms with Gasteiger partial charge in [0.1, 0.15) is 0 Å². The van der Waals surface area contributed by atoms with Gasteiger partial charge in [0.05, 0.1) is 12.1 Å². The second kappa shape index (κ2) is 7.98. The molecule has 1 fully saturated rings. The fourth-order valence-corrected chi connectivity index (χ4v) is 2.49. The number of halogens is 2. The highest BCUT2D eigenvalue weighted by atomic mass is 79.9. The average molecular weight is 364 g/mol. The molecule has 1 aromatic rings. The zero-order chi connectivity index (χ0) is 13.8. The minimum atomic E-state index is -0.395. The minimum Gasteiger partial charge on any atom is -0.392 e. The third-order valence-corrected chi connectivity index (χ3v) is 3.96. The Morgan fingerprint density at radius 1 is 1.45 bits per heavy atom. The molecule has 1 amide bonds. The summed E-state index contributed by atoms with van der Waals surface area (Å²) in [5.41, 5.74) is 1.21. The van der Waals surface area contributed by atoms with Crippen LogP contribution in [0, 0.1) is 0 Å². The number of aliphatic hydroxyl groups is 1. The van der Waals surface area contributed by atoms with E-state index >= 15 is 0 Å². The van der Waals surface area contributed by atoms with Gasteiger partial charge >= 0.3 is 0 Å². The van der Waals surface area contributed by atoms with Crippen LogP contribution in [0.1, 0.15) is 12.0 Å². The molecule has 4 nitrogen and oxygen atoms in total. The van der Waals surface area contributed by atoms with E-state index < -0.39 is 6.10 Å². The summed E-state index contributed by atoms with van der Waals surface area (Å²) < 4.78 is 1.06. The number of hydrogen-bond acceptors (Lipinski definition) is 3. The standard InChI is InChI=1S/C14H19BrN2O2.ClH/c1-17(14(19)13-8-12(18)9-16-13)7-6-10-2-4-11(15)5-3-10;/h2-5,12-13,16,18H,6-9H2,1H3;1H. The van der Waals surface area contributed by atoms with Crippen molar-refractivity contribution in [1.29, 1.82) is 0 Å². The number of rotatable bonds is 4. The fraction of sp³-hybridized carbons (Fsp3) is 0.500. The Morgan fingerprint density at radius 2 is 2.10 bits per heavy atom. The molecule has 2 atom stereocenters. The van der Waals surface area contributed by atoms with E-state index in [1.54, 1.807) is 4.90 Å². The number of amides is 1. The van der Waals surface area contributed by atoms with Gasteiger partial charge in [-0.25, -0.2) is 0 Å². The Bertz CT molecular complexity index is 441. The van der Waals surface area contributed by atoms with Gasteiger partial charge in [-0.3, -0.25) is 4.79 Å². The van der Waals surface area contributed by atoms with Gasteiger partial charge < -0.3 is 15.3 Å². The van der Waals surface area contributed by atoms with Crippen LogP contribution < -0.4 is 5.32 Å². The van der Waals surface area contributed by atoms with Crippen molar-refractivity contribution in [3.05, 3.63) is 34.3 Å². The molecular formula is C14H20BrClN2O2. The number of benzene rings is 1. The van der Waals surface area contributed by atoms with Crippen molar-refractivity contribution in [3.63, 3.8) is 0 Å². The van der Waals surface area contributed by atoms with Crippen molar-refractivity contribution in [1.82, 2.24) is 10.2 Å². The molecule has 1 aliphatic rings. The lowest BCUT2D eigenvalue weighted by Crippen LogP contribution is -2.42. The lowest BCUT2D eigenvalue weighted by molar-refractivity contribution is -0.131. The summed E-state index contributed by atoms with van der Waals surface area (Å²) in [7, 11) is 1.81. The van der Waals surface area contributed by atoms with E-state index in [9.17, 15) is 9.90 Å². The monoisotopic (exact) mass is 362 g/mol. The molecule has 1 aliphatic heterocycles. The van der Waals surface area contributed by atoms with Gasteiger partial charge in [0.15, 0.2) is 0 Å². The van der Waals surface area contributed by atoms with Crippen LogP contribution >= 0.6 is 28.3 Å². The molecule has 2 unspecified atom stereocenters. The van der Waals surface area contributed by atoms with Gasteiger partial charge in [-0.05, 0) is 30.5 Å². The predicted octanol–water partition coefficient (Wildman–Crippen LogP) is 1.59. The number of carbonyl (C=O) groups excluding carboxylic acids is 1. The normalized spacial score (nSPS) is 21.4. The number of aliphatic hydroxyl groups excluding tert-OH is 1. The molecule has 0 aromatic heterocycles. The summed E-state index contributed by atoms with van der Waals surface area (Å²) in [5.74, 6) is 0.0636. The molecule has 0 aliphatic carbocycles. The molecule has 0 radical (unpaired) electrons. The van der Waals surface area contributed by atoms with Crippen molar-refractivity contribution in [2.45, 2.75) is 25.0 Å². The van der Waals surface area contributed by atoms with Gasteiger partial charge in [-0.1, -0.05) is 28.1 Å². The summed E-state index contributed by atoms with van der Waals surface area (Å²) in [5, 5.41) is 12.5. The van der Waals surface area contributed by atoms with Crippen molar-refractivity contribution in [2.75, 3.05) is 20.1 Å². The van der Waals surface area contributed by atoms with E-state index in [0.29, 0.717) is 19.5 Å². The zero-order valence-electron chi connectivity index (χ0n) is 11.4. The highest BCUT2D eigenvalue weighted by Crippen LogP contribution is 2.12. The highest BCUT2D eigenvalue weighted by molar-refractivity contribution is 9.10. The summed E-state index contributed by atoms with van der Waals surface area (Å²) in [6, 6.07) is 7.89. The molecule has 2 N–H and O–H groups in total. The van der Waals surface area contributed by atoms with Crippen molar-refractivity contribution >= 4 is 34.2 Å². The molecule has 1 aromatic carbocycles. The van der Waals surface area contributed by atoms with Crippen molar-refractivity contribution in [3.8, 4) is 0 Å². The predicted molar refractivity (Wildman–Crippen MR) is 85.1 cm³/mol. The zero-order valence-corrected chi connectivity index (χ0v) is 13.8. The first-order valence-electron chi connectivity index (χ1n) is 6.47. The van der Waals surface area contributed by atoms with Gasteiger partial charge in [-0.15, -0.1) is 12.4 Å². The Morgan fingerprint density at radius 3 is 2.65 bits per heavy atom. The maximum Gasteiger partial charge on any atom is 0.239 e. The van der Waals surface area contributed by atoms with E-state index in [-0.39, 0.29) is 24.4 Å². The lowest BCUT2D eigenvalue weighted by atomic mass is 10.1. The smallest absolute Gasteiger partial charge is 0.239 e. The Labute approximate surface area is 134 Å². The number of nitrogens with one attached hydrogen (secondary N) is 1. The second-order valence-corrected chi connectivity index (χ2v) is 5.90. The van der Waals surface area contributed by atoms with E-state index in [4.69, 9.17) is 0 Å². The number of likely N-dealkylation sites (N-methyl/N-ethyl adjacent to an activating group) is 1. The minimum absolute atomic E-state index is 0.